The number of amides is 1. The first-order chi connectivity index (χ1) is 8.56. The van der Waals surface area contributed by atoms with Crippen LogP contribution < -0.4 is 16.0 Å². The molecule has 1 aliphatic heterocycles. The summed E-state index contributed by atoms with van der Waals surface area (Å²) in [5.74, 6) is -1.15. The van der Waals surface area contributed by atoms with Gasteiger partial charge in [0.2, 0.25) is 5.88 Å². The predicted octanol–water partition coefficient (Wildman–Crippen LogP) is 1.01. The minimum atomic E-state index is -0.485. The van der Waals surface area contributed by atoms with Crippen molar-refractivity contribution < 1.29 is 14.3 Å². The van der Waals surface area contributed by atoms with Crippen LogP contribution >= 0.6 is 12.2 Å². The Bertz CT molecular complexity index is 528. The maximum atomic E-state index is 12.7. The van der Waals surface area contributed by atoms with Crippen molar-refractivity contribution in [1.82, 2.24) is 10.6 Å². The molecule has 0 bridgehead atoms. The van der Waals surface area contributed by atoms with Crippen LogP contribution in [0.3, 0.4) is 0 Å². The maximum absolute atomic E-state index is 12.7. The zero-order valence-electron chi connectivity index (χ0n) is 9.16. The zero-order chi connectivity index (χ0) is 13.1. The topological polar surface area (TPSA) is 73.4 Å². The fourth-order valence-corrected chi connectivity index (χ4v) is 1.58. The molecule has 1 aliphatic rings. The van der Waals surface area contributed by atoms with E-state index in [0.717, 1.165) is 0 Å². The molecule has 0 saturated heterocycles. The Balaban J connectivity index is 2.10. The van der Waals surface area contributed by atoms with Crippen LogP contribution in [0.2, 0.25) is 0 Å². The number of aliphatic hydroxyl groups excluding tert-OH is 1. The summed E-state index contributed by atoms with van der Waals surface area (Å²) >= 11 is 4.78. The molecule has 94 valence electrons. The molecule has 0 aromatic heterocycles. The van der Waals surface area contributed by atoms with Gasteiger partial charge < -0.3 is 21.1 Å². The number of benzene rings is 1. The van der Waals surface area contributed by atoms with Crippen molar-refractivity contribution in [3.8, 4) is 0 Å². The Kier molecular flexibility index (Phi) is 3.42. The average molecular weight is 267 g/mol. The molecule has 1 aromatic carbocycles. The smallest absolute Gasteiger partial charge is 0.258 e. The van der Waals surface area contributed by atoms with E-state index in [1.165, 1.54) is 24.3 Å². The summed E-state index contributed by atoms with van der Waals surface area (Å²) < 4.78 is 12.7. The molecule has 18 heavy (non-hydrogen) atoms. The van der Waals surface area contributed by atoms with Crippen LogP contribution in [-0.2, 0) is 4.79 Å². The summed E-state index contributed by atoms with van der Waals surface area (Å²) in [5, 5.41) is 17.5. The van der Waals surface area contributed by atoms with E-state index in [9.17, 15) is 14.3 Å². The first-order valence-corrected chi connectivity index (χ1v) is 5.51. The maximum Gasteiger partial charge on any atom is 0.258 e. The number of thiocarbonyl (C=S) groups is 1. The Labute approximate surface area is 108 Å². The minimum Gasteiger partial charge on any atom is -0.494 e. The lowest BCUT2D eigenvalue weighted by Gasteiger charge is -2.19. The number of carbonyl (C=O) groups excluding carboxylic acids is 1. The summed E-state index contributed by atoms with van der Waals surface area (Å²) in [6.07, 6.45) is 0. The number of rotatable bonds is 2. The summed E-state index contributed by atoms with van der Waals surface area (Å²) in [6, 6.07) is 5.32. The normalized spacial score (nSPS) is 14.8. The summed E-state index contributed by atoms with van der Waals surface area (Å²) in [6.45, 7) is 0.130. The highest BCUT2D eigenvalue weighted by molar-refractivity contribution is 7.80. The molecule has 0 aliphatic carbocycles. The number of nitrogens with one attached hydrogen (secondary N) is 3. The number of hydrogen-bond donors (Lipinski definition) is 4. The first-order valence-electron chi connectivity index (χ1n) is 5.10. The summed E-state index contributed by atoms with van der Waals surface area (Å²) in [7, 11) is 0. The Hall–Kier alpha value is -2.15. The number of carbonyl (C=O) groups is 1. The van der Waals surface area contributed by atoms with Gasteiger partial charge in [0.1, 0.15) is 5.82 Å². The molecule has 1 aromatic rings. The largest absolute Gasteiger partial charge is 0.494 e. The van der Waals surface area contributed by atoms with E-state index >= 15 is 0 Å². The van der Waals surface area contributed by atoms with Crippen molar-refractivity contribution in [1.29, 1.82) is 0 Å². The van der Waals surface area contributed by atoms with Gasteiger partial charge in [-0.1, -0.05) is 0 Å². The van der Waals surface area contributed by atoms with Gasteiger partial charge in [-0.3, -0.25) is 4.79 Å². The number of halogens is 1. The van der Waals surface area contributed by atoms with Crippen LogP contribution in [0.4, 0.5) is 10.1 Å². The molecule has 0 saturated carbocycles. The van der Waals surface area contributed by atoms with Crippen LogP contribution in [0.5, 0.6) is 0 Å². The van der Waals surface area contributed by atoms with Crippen molar-refractivity contribution in [2.45, 2.75) is 0 Å². The van der Waals surface area contributed by atoms with Crippen molar-refractivity contribution in [2.24, 2.45) is 0 Å². The molecule has 4 N–H and O–H groups in total. The van der Waals surface area contributed by atoms with E-state index in [2.05, 4.69) is 16.0 Å². The molecule has 2 rings (SSSR count). The number of hydrogen-bond acceptors (Lipinski definition) is 3. The second-order valence-electron chi connectivity index (χ2n) is 3.60. The van der Waals surface area contributed by atoms with Crippen LogP contribution in [0.25, 0.3) is 0 Å². The second kappa shape index (κ2) is 5.01. The van der Waals surface area contributed by atoms with Gasteiger partial charge in [0.15, 0.2) is 5.11 Å². The highest BCUT2D eigenvalue weighted by atomic mass is 32.1. The van der Waals surface area contributed by atoms with Gasteiger partial charge in [-0.15, -0.1) is 0 Å². The van der Waals surface area contributed by atoms with E-state index in [4.69, 9.17) is 12.2 Å². The molecule has 7 heteroatoms. The monoisotopic (exact) mass is 267 g/mol. The summed E-state index contributed by atoms with van der Waals surface area (Å²) in [5.41, 5.74) is 0.572. The van der Waals surface area contributed by atoms with Crippen molar-refractivity contribution in [3.05, 3.63) is 41.5 Å². The molecular formula is C11H10FN3O2S. The molecule has 1 amide bonds. The zero-order valence-corrected chi connectivity index (χ0v) is 9.97. The number of anilines is 1. The summed E-state index contributed by atoms with van der Waals surface area (Å²) in [4.78, 5) is 11.8. The third kappa shape index (κ3) is 2.75. The van der Waals surface area contributed by atoms with E-state index < -0.39 is 5.91 Å². The second-order valence-corrected chi connectivity index (χ2v) is 4.00. The predicted molar refractivity (Wildman–Crippen MR) is 68.4 cm³/mol. The fraction of sp³-hybridized carbons (Fsp3) is 0.0909. The third-order valence-corrected chi connectivity index (χ3v) is 2.57. The average Bonchev–Trinajstić information content (AvgIpc) is 2.32. The van der Waals surface area contributed by atoms with Gasteiger partial charge in [-0.2, -0.15) is 0 Å². The van der Waals surface area contributed by atoms with E-state index in [1.54, 1.807) is 0 Å². The Morgan fingerprint density at radius 2 is 2.06 bits per heavy atom. The van der Waals surface area contributed by atoms with E-state index in [-0.39, 0.29) is 28.9 Å². The quantitative estimate of drug-likeness (QED) is 0.602. The lowest BCUT2D eigenvalue weighted by molar-refractivity contribution is -0.113. The molecule has 0 fully saturated rings. The first kappa shape index (κ1) is 12.3. The standard InChI is InChI=1S/C11H10FN3O2S/c12-6-1-3-7(4-2-6)14-9(16)8-5-13-11(18)15-10(8)17/h1-4,17H,5H2,(H,14,16)(H2,13,15,18). The highest BCUT2D eigenvalue weighted by Crippen LogP contribution is 2.11. The van der Waals surface area contributed by atoms with Gasteiger partial charge >= 0.3 is 0 Å². The molecular weight excluding hydrogens is 257 g/mol. The van der Waals surface area contributed by atoms with Crippen LogP contribution in [0.1, 0.15) is 0 Å². The SMILES string of the molecule is O=C(Nc1ccc(F)cc1)C1=C(O)NC(=S)NC1. The van der Waals surface area contributed by atoms with Crippen LogP contribution in [0, 0.1) is 5.82 Å². The lowest BCUT2D eigenvalue weighted by atomic mass is 10.2. The number of aliphatic hydroxyl groups is 1. The lowest BCUT2D eigenvalue weighted by Crippen LogP contribution is -2.44. The molecule has 0 spiro atoms. The van der Waals surface area contributed by atoms with Gasteiger partial charge in [-0.25, -0.2) is 4.39 Å². The fourth-order valence-electron chi connectivity index (χ4n) is 1.41. The van der Waals surface area contributed by atoms with Gasteiger partial charge in [0.25, 0.3) is 5.91 Å². The van der Waals surface area contributed by atoms with Gasteiger partial charge in [0, 0.05) is 5.69 Å². The molecule has 0 atom stereocenters. The Morgan fingerprint density at radius 1 is 1.39 bits per heavy atom. The molecule has 5 nitrogen and oxygen atoms in total. The highest BCUT2D eigenvalue weighted by Gasteiger charge is 2.20. The van der Waals surface area contributed by atoms with E-state index in [1.807, 2.05) is 0 Å². The van der Waals surface area contributed by atoms with E-state index in [0.29, 0.717) is 5.69 Å². The molecule has 0 unspecified atom stereocenters. The molecule has 0 radical (unpaired) electrons. The van der Waals surface area contributed by atoms with Crippen LogP contribution in [0.15, 0.2) is 35.7 Å². The third-order valence-electron chi connectivity index (χ3n) is 2.32. The van der Waals surface area contributed by atoms with Crippen molar-refractivity contribution in [2.75, 3.05) is 11.9 Å². The van der Waals surface area contributed by atoms with Crippen LogP contribution in [-0.4, -0.2) is 22.7 Å². The van der Waals surface area contributed by atoms with Gasteiger partial charge in [0.05, 0.1) is 12.1 Å². The van der Waals surface area contributed by atoms with Crippen molar-refractivity contribution in [3.63, 3.8) is 0 Å². The minimum absolute atomic E-state index is 0.130. The van der Waals surface area contributed by atoms with Gasteiger partial charge in [-0.05, 0) is 36.5 Å². The van der Waals surface area contributed by atoms with Crippen molar-refractivity contribution >= 4 is 28.9 Å². The Morgan fingerprint density at radius 3 is 2.67 bits per heavy atom. The molecule has 1 heterocycles.